The van der Waals surface area contributed by atoms with Crippen LogP contribution in [-0.4, -0.2) is 21.8 Å². The van der Waals surface area contributed by atoms with E-state index in [1.807, 2.05) is 13.8 Å². The molecule has 0 radical (unpaired) electrons. The van der Waals surface area contributed by atoms with Gasteiger partial charge in [-0.2, -0.15) is 0 Å². The highest BCUT2D eigenvalue weighted by atomic mass is 16.4. The Morgan fingerprint density at radius 2 is 1.75 bits per heavy atom. The first-order valence-electron chi connectivity index (χ1n) is 9.73. The molecule has 1 unspecified atom stereocenters. The highest BCUT2D eigenvalue weighted by Gasteiger charge is 2.67. The van der Waals surface area contributed by atoms with Crippen LogP contribution in [0.3, 0.4) is 0 Å². The molecule has 134 valence electrons. The van der Waals surface area contributed by atoms with Crippen LogP contribution in [0, 0.1) is 39.9 Å². The molecule has 3 heteroatoms. The Kier molecular flexibility index (Phi) is 3.23. The monoisotopic (exact) mass is 332 g/mol. The zero-order valence-corrected chi connectivity index (χ0v) is 15.5. The standard InChI is InChI=1S/C21H32O3/c1-13-11-20-8-7-15-18(2,3)21(24,17(22)23)10-9-19(15,4)16(20)6-5-14(13)12-20/h9-10,13-16,24H,5-8,11-12H2,1-4H3,(H,22,23)/t13-,14-,15+,16-,19+,20+,21?/m1/s1. The van der Waals surface area contributed by atoms with Gasteiger partial charge in [-0.15, -0.1) is 0 Å². The van der Waals surface area contributed by atoms with E-state index in [0.29, 0.717) is 11.3 Å². The van der Waals surface area contributed by atoms with Crippen molar-refractivity contribution in [2.24, 2.45) is 39.9 Å². The van der Waals surface area contributed by atoms with E-state index < -0.39 is 17.0 Å². The van der Waals surface area contributed by atoms with E-state index in [4.69, 9.17) is 0 Å². The second-order valence-electron chi connectivity index (χ2n) is 10.2. The smallest absolute Gasteiger partial charge is 0.340 e. The predicted octanol–water partition coefficient (Wildman–Crippen LogP) is 4.26. The number of carboxylic acid groups (broad SMARTS) is 1. The Hall–Kier alpha value is -0.830. The summed E-state index contributed by atoms with van der Waals surface area (Å²) >= 11 is 0. The molecule has 3 fully saturated rings. The minimum atomic E-state index is -1.75. The van der Waals surface area contributed by atoms with Gasteiger partial charge in [0.05, 0.1) is 0 Å². The van der Waals surface area contributed by atoms with E-state index in [-0.39, 0.29) is 11.3 Å². The van der Waals surface area contributed by atoms with Gasteiger partial charge in [0, 0.05) is 5.41 Å². The first-order valence-corrected chi connectivity index (χ1v) is 9.73. The van der Waals surface area contributed by atoms with Gasteiger partial charge in [0.1, 0.15) is 0 Å². The molecular formula is C21H32O3. The number of hydrogen-bond acceptors (Lipinski definition) is 2. The number of carbonyl (C=O) groups is 1. The number of allylic oxidation sites excluding steroid dienone is 1. The molecule has 0 saturated heterocycles. The van der Waals surface area contributed by atoms with Crippen molar-refractivity contribution < 1.29 is 15.0 Å². The molecule has 0 aromatic heterocycles. The van der Waals surface area contributed by atoms with Crippen molar-refractivity contribution in [3.63, 3.8) is 0 Å². The van der Waals surface area contributed by atoms with E-state index in [1.54, 1.807) is 6.08 Å². The summed E-state index contributed by atoms with van der Waals surface area (Å²) in [5.41, 5.74) is -1.92. The minimum Gasteiger partial charge on any atom is -0.479 e. The average Bonchev–Trinajstić information content (AvgIpc) is 2.72. The highest BCUT2D eigenvalue weighted by molar-refractivity contribution is 5.81. The van der Waals surface area contributed by atoms with Gasteiger partial charge < -0.3 is 10.2 Å². The quantitative estimate of drug-likeness (QED) is 0.706. The summed E-state index contributed by atoms with van der Waals surface area (Å²) in [7, 11) is 0. The molecule has 3 saturated carbocycles. The molecule has 2 bridgehead atoms. The van der Waals surface area contributed by atoms with Crippen LogP contribution in [0.1, 0.15) is 66.2 Å². The number of aliphatic hydroxyl groups is 1. The molecule has 0 aromatic rings. The summed E-state index contributed by atoms with van der Waals surface area (Å²) in [5, 5.41) is 20.6. The van der Waals surface area contributed by atoms with Crippen LogP contribution in [0.2, 0.25) is 0 Å². The highest BCUT2D eigenvalue weighted by Crippen LogP contribution is 2.71. The normalized spacial score (nSPS) is 54.9. The van der Waals surface area contributed by atoms with Gasteiger partial charge in [0.2, 0.25) is 0 Å². The maximum atomic E-state index is 11.8. The number of carboxylic acids is 1. The third-order valence-corrected chi connectivity index (χ3v) is 9.06. The topological polar surface area (TPSA) is 57.5 Å². The number of fused-ring (bicyclic) bond motifs is 3. The maximum Gasteiger partial charge on any atom is 0.340 e. The van der Waals surface area contributed by atoms with E-state index in [2.05, 4.69) is 19.9 Å². The molecule has 0 aromatic carbocycles. The van der Waals surface area contributed by atoms with Gasteiger partial charge in [-0.05, 0) is 79.1 Å². The van der Waals surface area contributed by atoms with E-state index in [0.717, 1.165) is 18.3 Å². The lowest BCUT2D eigenvalue weighted by Crippen LogP contribution is -2.63. The molecule has 24 heavy (non-hydrogen) atoms. The van der Waals surface area contributed by atoms with Gasteiger partial charge in [0.15, 0.2) is 5.60 Å². The van der Waals surface area contributed by atoms with Gasteiger partial charge in [-0.1, -0.05) is 33.8 Å². The van der Waals surface area contributed by atoms with Gasteiger partial charge in [-0.3, -0.25) is 0 Å². The maximum absolute atomic E-state index is 11.8. The van der Waals surface area contributed by atoms with Crippen molar-refractivity contribution in [3.8, 4) is 0 Å². The summed E-state index contributed by atoms with van der Waals surface area (Å²) in [5.74, 6) is 1.49. The molecule has 0 aliphatic heterocycles. The molecule has 2 N–H and O–H groups in total. The third-order valence-electron chi connectivity index (χ3n) is 9.06. The van der Waals surface area contributed by atoms with Crippen molar-refractivity contribution in [2.45, 2.75) is 71.8 Å². The minimum absolute atomic E-state index is 0.0124. The Morgan fingerprint density at radius 3 is 2.42 bits per heavy atom. The number of hydrogen-bond donors (Lipinski definition) is 2. The Labute approximate surface area is 145 Å². The first-order chi connectivity index (χ1) is 11.1. The molecule has 7 atom stereocenters. The lowest BCUT2D eigenvalue weighted by molar-refractivity contribution is -0.189. The van der Waals surface area contributed by atoms with Crippen LogP contribution >= 0.6 is 0 Å². The van der Waals surface area contributed by atoms with Crippen molar-refractivity contribution in [3.05, 3.63) is 12.2 Å². The molecule has 3 nitrogen and oxygen atoms in total. The fourth-order valence-electron chi connectivity index (χ4n) is 7.81. The van der Waals surface area contributed by atoms with Crippen LogP contribution in [-0.2, 0) is 4.79 Å². The lowest BCUT2D eigenvalue weighted by Gasteiger charge is -2.64. The number of aliphatic carboxylic acids is 1. The molecule has 0 heterocycles. The van der Waals surface area contributed by atoms with Gasteiger partial charge >= 0.3 is 5.97 Å². The van der Waals surface area contributed by atoms with E-state index >= 15 is 0 Å². The van der Waals surface area contributed by atoms with Crippen molar-refractivity contribution in [1.82, 2.24) is 0 Å². The van der Waals surface area contributed by atoms with Crippen molar-refractivity contribution >= 4 is 5.97 Å². The van der Waals surface area contributed by atoms with Crippen LogP contribution in [0.5, 0.6) is 0 Å². The summed E-state index contributed by atoms with van der Waals surface area (Å²) in [6, 6.07) is 0. The Balaban J connectivity index is 1.80. The molecule has 4 aliphatic carbocycles. The molecule has 4 rings (SSSR count). The fraction of sp³-hybridized carbons (Fsp3) is 0.857. The second kappa shape index (κ2) is 4.66. The zero-order chi connectivity index (χ0) is 17.5. The molecule has 1 spiro atoms. The van der Waals surface area contributed by atoms with Crippen LogP contribution in [0.15, 0.2) is 12.2 Å². The summed E-state index contributed by atoms with van der Waals surface area (Å²) in [6.45, 7) is 8.72. The summed E-state index contributed by atoms with van der Waals surface area (Å²) < 4.78 is 0. The fourth-order valence-corrected chi connectivity index (χ4v) is 7.81. The summed E-state index contributed by atoms with van der Waals surface area (Å²) in [6.07, 6.45) is 11.3. The Morgan fingerprint density at radius 1 is 1.04 bits per heavy atom. The predicted molar refractivity (Wildman–Crippen MR) is 93.4 cm³/mol. The van der Waals surface area contributed by atoms with E-state index in [9.17, 15) is 15.0 Å². The summed E-state index contributed by atoms with van der Waals surface area (Å²) in [4.78, 5) is 11.8. The Bertz CT molecular complexity index is 604. The van der Waals surface area contributed by atoms with Crippen molar-refractivity contribution in [1.29, 1.82) is 0 Å². The van der Waals surface area contributed by atoms with Gasteiger partial charge in [-0.25, -0.2) is 4.79 Å². The SMILES string of the molecule is C[C@@H]1C[C@]23CC[C@H]4C(C)(C)C(O)(C(=O)O)C=C[C@]4(C)[C@H]2CC[C@@H]1C3. The third kappa shape index (κ3) is 1.75. The first kappa shape index (κ1) is 16.6. The van der Waals surface area contributed by atoms with Crippen molar-refractivity contribution in [2.75, 3.05) is 0 Å². The number of rotatable bonds is 1. The van der Waals surface area contributed by atoms with Gasteiger partial charge in [0.25, 0.3) is 0 Å². The van der Waals surface area contributed by atoms with E-state index in [1.165, 1.54) is 32.1 Å². The van der Waals surface area contributed by atoms with Crippen LogP contribution in [0.4, 0.5) is 0 Å². The van der Waals surface area contributed by atoms with Crippen LogP contribution in [0.25, 0.3) is 0 Å². The molecule has 0 amide bonds. The lowest BCUT2D eigenvalue weighted by atomic mass is 9.41. The molecular weight excluding hydrogens is 300 g/mol. The van der Waals surface area contributed by atoms with Crippen LogP contribution < -0.4 is 0 Å². The molecule has 4 aliphatic rings. The average molecular weight is 332 g/mol. The zero-order valence-electron chi connectivity index (χ0n) is 15.5. The second-order valence-corrected chi connectivity index (χ2v) is 10.2. The largest absolute Gasteiger partial charge is 0.479 e.